The number of anilines is 2. The second-order valence-electron chi connectivity index (χ2n) is 7.59. The van der Waals surface area contributed by atoms with E-state index in [2.05, 4.69) is 5.32 Å². The molecule has 0 saturated heterocycles. The van der Waals surface area contributed by atoms with Gasteiger partial charge in [-0.3, -0.25) is 9.59 Å². The van der Waals surface area contributed by atoms with Crippen LogP contribution >= 0.6 is 0 Å². The predicted molar refractivity (Wildman–Crippen MR) is 128 cm³/mol. The summed E-state index contributed by atoms with van der Waals surface area (Å²) in [5.74, 6) is 1.48. The predicted octanol–water partition coefficient (Wildman–Crippen LogP) is 4.15. The van der Waals surface area contributed by atoms with Gasteiger partial charge >= 0.3 is 0 Å². The molecule has 34 heavy (non-hydrogen) atoms. The van der Waals surface area contributed by atoms with Gasteiger partial charge in [0.15, 0.2) is 6.10 Å². The lowest BCUT2D eigenvalue weighted by Crippen LogP contribution is -2.46. The molecule has 1 atom stereocenters. The van der Waals surface area contributed by atoms with Gasteiger partial charge in [-0.15, -0.1) is 0 Å². The van der Waals surface area contributed by atoms with Crippen molar-refractivity contribution in [3.8, 4) is 23.0 Å². The van der Waals surface area contributed by atoms with Gasteiger partial charge in [0.2, 0.25) is 0 Å². The molecule has 2 amide bonds. The fourth-order valence-corrected chi connectivity index (χ4v) is 3.76. The van der Waals surface area contributed by atoms with E-state index in [0.29, 0.717) is 41.8 Å². The maximum absolute atomic E-state index is 13.1. The van der Waals surface area contributed by atoms with Crippen LogP contribution in [0.25, 0.3) is 0 Å². The summed E-state index contributed by atoms with van der Waals surface area (Å²) in [6.07, 6.45) is -0.623. The highest BCUT2D eigenvalue weighted by atomic mass is 16.5. The molecule has 1 aliphatic rings. The summed E-state index contributed by atoms with van der Waals surface area (Å²) < 4.78 is 22.2. The first-order valence-electron chi connectivity index (χ1n) is 10.8. The van der Waals surface area contributed by atoms with Crippen molar-refractivity contribution in [3.63, 3.8) is 0 Å². The monoisotopic (exact) mass is 462 g/mol. The van der Waals surface area contributed by atoms with Gasteiger partial charge in [-0.25, -0.2) is 0 Å². The van der Waals surface area contributed by atoms with Crippen molar-refractivity contribution in [3.05, 3.63) is 72.3 Å². The van der Waals surface area contributed by atoms with Crippen LogP contribution in [0.5, 0.6) is 23.0 Å². The summed E-state index contributed by atoms with van der Waals surface area (Å²) in [7, 11) is 2.98. The number of ether oxygens (including phenoxy) is 4. The van der Waals surface area contributed by atoms with Crippen molar-refractivity contribution >= 4 is 23.2 Å². The third-order valence-electron chi connectivity index (χ3n) is 5.41. The molecular weight excluding hydrogens is 436 g/mol. The van der Waals surface area contributed by atoms with Crippen LogP contribution in [0, 0.1) is 0 Å². The van der Waals surface area contributed by atoms with E-state index < -0.39 is 12.0 Å². The van der Waals surface area contributed by atoms with Crippen molar-refractivity contribution in [2.45, 2.75) is 13.0 Å². The lowest BCUT2D eigenvalue weighted by molar-refractivity contribution is -0.125. The van der Waals surface area contributed by atoms with Crippen molar-refractivity contribution in [2.75, 3.05) is 37.6 Å². The van der Waals surface area contributed by atoms with Gasteiger partial charge < -0.3 is 29.2 Å². The number of amides is 2. The summed E-state index contributed by atoms with van der Waals surface area (Å²) in [6.45, 7) is 2.34. The minimum absolute atomic E-state index is 0.181. The molecule has 176 valence electrons. The first-order valence-corrected chi connectivity index (χ1v) is 10.8. The van der Waals surface area contributed by atoms with E-state index in [1.807, 2.05) is 30.3 Å². The second-order valence-corrected chi connectivity index (χ2v) is 7.59. The van der Waals surface area contributed by atoms with E-state index >= 15 is 0 Å². The Morgan fingerprint density at radius 3 is 2.38 bits per heavy atom. The molecule has 1 N–H and O–H groups in total. The molecule has 0 fully saturated rings. The topological polar surface area (TPSA) is 86.3 Å². The van der Waals surface area contributed by atoms with Gasteiger partial charge in [0.25, 0.3) is 11.8 Å². The Balaban J connectivity index is 1.56. The van der Waals surface area contributed by atoms with Crippen molar-refractivity contribution in [1.82, 2.24) is 0 Å². The number of carbonyl (C=O) groups is 2. The molecule has 1 aliphatic heterocycles. The first kappa shape index (κ1) is 23.0. The van der Waals surface area contributed by atoms with Gasteiger partial charge in [0, 0.05) is 5.69 Å². The first-order chi connectivity index (χ1) is 16.5. The standard InChI is InChI=1S/C26H26N2O6/c1-17-26(30)28(14-15-33-19-8-5-4-6-9-19)20-16-18(12-13-21(20)34-17)27-25(29)24-22(31-2)10-7-11-23(24)32-3/h4-13,16-17H,14-15H2,1-3H3,(H,27,29). The Bertz CT molecular complexity index is 1160. The molecule has 0 spiro atoms. The Morgan fingerprint density at radius 1 is 1.00 bits per heavy atom. The summed E-state index contributed by atoms with van der Waals surface area (Å²) in [5, 5.41) is 2.86. The van der Waals surface area contributed by atoms with Crippen LogP contribution in [0.3, 0.4) is 0 Å². The zero-order valence-electron chi connectivity index (χ0n) is 19.2. The zero-order valence-corrected chi connectivity index (χ0v) is 19.2. The minimum Gasteiger partial charge on any atom is -0.496 e. The number of carbonyl (C=O) groups excluding carboxylic acids is 2. The Hall–Kier alpha value is -4.20. The maximum Gasteiger partial charge on any atom is 0.267 e. The number of hydrogen-bond donors (Lipinski definition) is 1. The van der Waals surface area contributed by atoms with E-state index in [-0.39, 0.29) is 11.5 Å². The average molecular weight is 463 g/mol. The zero-order chi connectivity index (χ0) is 24.1. The molecular formula is C26H26N2O6. The van der Waals surface area contributed by atoms with Gasteiger partial charge in [-0.05, 0) is 49.4 Å². The highest BCUT2D eigenvalue weighted by Crippen LogP contribution is 2.37. The molecule has 8 heteroatoms. The van der Waals surface area contributed by atoms with Crippen LogP contribution in [-0.4, -0.2) is 45.3 Å². The van der Waals surface area contributed by atoms with Crippen LogP contribution < -0.4 is 29.2 Å². The fourth-order valence-electron chi connectivity index (χ4n) is 3.76. The largest absolute Gasteiger partial charge is 0.496 e. The van der Waals surface area contributed by atoms with Gasteiger partial charge in [0.05, 0.1) is 26.5 Å². The molecule has 1 heterocycles. The van der Waals surface area contributed by atoms with Crippen LogP contribution in [-0.2, 0) is 4.79 Å². The van der Waals surface area contributed by atoms with E-state index in [1.165, 1.54) is 14.2 Å². The van der Waals surface area contributed by atoms with E-state index in [0.717, 1.165) is 5.75 Å². The van der Waals surface area contributed by atoms with E-state index in [4.69, 9.17) is 18.9 Å². The van der Waals surface area contributed by atoms with Crippen LogP contribution in [0.2, 0.25) is 0 Å². The van der Waals surface area contributed by atoms with E-state index in [1.54, 1.807) is 48.2 Å². The highest BCUT2D eigenvalue weighted by molar-refractivity contribution is 6.09. The summed E-state index contributed by atoms with van der Waals surface area (Å²) >= 11 is 0. The van der Waals surface area contributed by atoms with Crippen molar-refractivity contribution < 1.29 is 28.5 Å². The second kappa shape index (κ2) is 10.2. The Morgan fingerprint density at radius 2 is 1.71 bits per heavy atom. The number of benzene rings is 3. The Labute approximate surface area is 198 Å². The average Bonchev–Trinajstić information content (AvgIpc) is 2.86. The highest BCUT2D eigenvalue weighted by Gasteiger charge is 2.32. The number of nitrogens with one attached hydrogen (secondary N) is 1. The smallest absolute Gasteiger partial charge is 0.267 e. The molecule has 4 rings (SSSR count). The number of nitrogens with zero attached hydrogens (tertiary/aromatic N) is 1. The molecule has 3 aromatic rings. The third-order valence-corrected chi connectivity index (χ3v) is 5.41. The summed E-state index contributed by atoms with van der Waals surface area (Å²) in [4.78, 5) is 27.6. The van der Waals surface area contributed by atoms with E-state index in [9.17, 15) is 9.59 Å². The maximum atomic E-state index is 13.1. The summed E-state index contributed by atoms with van der Waals surface area (Å²) in [6, 6.07) is 19.7. The lowest BCUT2D eigenvalue weighted by atomic mass is 10.1. The van der Waals surface area contributed by atoms with Crippen LogP contribution in [0.4, 0.5) is 11.4 Å². The summed E-state index contributed by atoms with van der Waals surface area (Å²) in [5.41, 5.74) is 1.33. The molecule has 0 saturated carbocycles. The quantitative estimate of drug-likeness (QED) is 0.541. The number of para-hydroxylation sites is 1. The number of hydrogen-bond acceptors (Lipinski definition) is 6. The molecule has 0 aliphatic carbocycles. The van der Waals surface area contributed by atoms with Crippen LogP contribution in [0.1, 0.15) is 17.3 Å². The van der Waals surface area contributed by atoms with Gasteiger partial charge in [-0.2, -0.15) is 0 Å². The number of methoxy groups -OCH3 is 2. The molecule has 0 radical (unpaired) electrons. The fraction of sp³-hybridized carbons (Fsp3) is 0.231. The minimum atomic E-state index is -0.623. The Kier molecular flexibility index (Phi) is 6.87. The number of fused-ring (bicyclic) bond motifs is 1. The van der Waals surface area contributed by atoms with Crippen molar-refractivity contribution in [2.24, 2.45) is 0 Å². The molecule has 0 bridgehead atoms. The number of rotatable bonds is 8. The molecule has 3 aromatic carbocycles. The molecule has 0 aromatic heterocycles. The lowest BCUT2D eigenvalue weighted by Gasteiger charge is -2.33. The SMILES string of the molecule is COc1cccc(OC)c1C(=O)Nc1ccc2c(c1)N(CCOc1ccccc1)C(=O)C(C)O2. The van der Waals surface area contributed by atoms with Gasteiger partial charge in [-0.1, -0.05) is 24.3 Å². The van der Waals surface area contributed by atoms with Crippen LogP contribution in [0.15, 0.2) is 66.7 Å². The van der Waals surface area contributed by atoms with Gasteiger partial charge in [0.1, 0.15) is 35.2 Å². The molecule has 8 nitrogen and oxygen atoms in total. The molecule has 1 unspecified atom stereocenters. The normalized spacial score (nSPS) is 14.6. The van der Waals surface area contributed by atoms with Crippen molar-refractivity contribution in [1.29, 1.82) is 0 Å². The third kappa shape index (κ3) is 4.76.